The first kappa shape index (κ1) is 37.2. The van der Waals surface area contributed by atoms with Gasteiger partial charge in [-0.05, 0) is 25.3 Å². The van der Waals surface area contributed by atoms with Crippen LogP contribution < -0.4 is 11.2 Å². The van der Waals surface area contributed by atoms with Gasteiger partial charge >= 0.3 is 13.5 Å². The number of aryl methyl sites for hydroxylation is 1. The van der Waals surface area contributed by atoms with E-state index in [0.29, 0.717) is 5.56 Å². The van der Waals surface area contributed by atoms with Gasteiger partial charge < -0.3 is 4.74 Å². The minimum Gasteiger partial charge on any atom is -0.352 e. The third-order valence-electron chi connectivity index (χ3n) is 7.75. The van der Waals surface area contributed by atoms with Crippen LogP contribution in [0, 0.1) is 6.92 Å². The van der Waals surface area contributed by atoms with E-state index in [0.717, 1.165) is 38.5 Å². The Morgan fingerprint density at radius 1 is 0.907 bits per heavy atom. The number of rotatable bonds is 25. The first-order valence-electron chi connectivity index (χ1n) is 16.4. The van der Waals surface area contributed by atoms with Crippen molar-refractivity contribution >= 4 is 7.82 Å². The molecule has 0 aromatic carbocycles. The average Bonchev–Trinajstić information content (AvgIpc) is 3.39. The molecule has 1 aromatic heterocycles. The van der Waals surface area contributed by atoms with E-state index in [1.807, 2.05) is 0 Å². The van der Waals surface area contributed by atoms with Gasteiger partial charge in [0.2, 0.25) is 0 Å². The van der Waals surface area contributed by atoms with Gasteiger partial charge in [-0.15, -0.1) is 0 Å². The molecule has 3 atom stereocenters. The van der Waals surface area contributed by atoms with Gasteiger partial charge in [-0.2, -0.15) is 0 Å². The first-order valence-corrected chi connectivity index (χ1v) is 17.8. The highest BCUT2D eigenvalue weighted by atomic mass is 31.2. The SMILES string of the molecule is CCCCCCCCCCOP(=O)(OCCCCCCCCCC)OC[C@H]1O[C@@H](n2cc(C)c(=O)[nH]c2=O)C[C@@H]1N=[N+]=[N-]. The van der Waals surface area contributed by atoms with Gasteiger partial charge in [0.1, 0.15) is 6.23 Å². The maximum absolute atomic E-state index is 13.6. The molecule has 1 aromatic rings. The molecule has 1 aliphatic rings. The molecular weight excluding hydrogens is 573 g/mol. The van der Waals surface area contributed by atoms with Crippen LogP contribution in [0.2, 0.25) is 0 Å². The van der Waals surface area contributed by atoms with Crippen LogP contribution in [0.15, 0.2) is 20.9 Å². The van der Waals surface area contributed by atoms with Crippen molar-refractivity contribution in [3.63, 3.8) is 0 Å². The van der Waals surface area contributed by atoms with Crippen molar-refractivity contribution in [2.45, 2.75) is 148 Å². The largest absolute Gasteiger partial charge is 0.474 e. The van der Waals surface area contributed by atoms with Gasteiger partial charge in [0.25, 0.3) is 5.56 Å². The number of azide groups is 1. The van der Waals surface area contributed by atoms with Crippen LogP contribution in [0.3, 0.4) is 0 Å². The average molecular weight is 628 g/mol. The maximum atomic E-state index is 13.6. The summed E-state index contributed by atoms with van der Waals surface area (Å²) in [6, 6.07) is -0.678. The zero-order valence-corrected chi connectivity index (χ0v) is 27.4. The van der Waals surface area contributed by atoms with E-state index in [-0.39, 0.29) is 26.2 Å². The molecule has 1 aliphatic heterocycles. The second-order valence-corrected chi connectivity index (χ2v) is 13.1. The number of aromatic nitrogens is 2. The Morgan fingerprint density at radius 2 is 1.42 bits per heavy atom. The molecule has 0 aliphatic carbocycles. The van der Waals surface area contributed by atoms with E-state index >= 15 is 0 Å². The van der Waals surface area contributed by atoms with E-state index in [1.54, 1.807) is 6.92 Å². The van der Waals surface area contributed by atoms with Crippen LogP contribution in [-0.2, 0) is 22.9 Å². The third kappa shape index (κ3) is 14.6. The zero-order chi connectivity index (χ0) is 31.3. The molecule has 13 heteroatoms. The fourth-order valence-electron chi connectivity index (χ4n) is 5.12. The lowest BCUT2D eigenvalue weighted by atomic mass is 10.1. The molecule has 1 fully saturated rings. The number of nitrogens with zero attached hydrogens (tertiary/aromatic N) is 4. The smallest absolute Gasteiger partial charge is 0.352 e. The summed E-state index contributed by atoms with van der Waals surface area (Å²) in [6.45, 7) is 6.30. The van der Waals surface area contributed by atoms with Crippen molar-refractivity contribution in [3.05, 3.63) is 43.0 Å². The van der Waals surface area contributed by atoms with Gasteiger partial charge in [-0.25, -0.2) is 9.36 Å². The van der Waals surface area contributed by atoms with Crippen LogP contribution in [0.4, 0.5) is 0 Å². The second-order valence-electron chi connectivity index (χ2n) is 11.5. The van der Waals surface area contributed by atoms with Gasteiger partial charge in [-0.3, -0.25) is 27.9 Å². The molecule has 2 heterocycles. The summed E-state index contributed by atoms with van der Waals surface area (Å²) < 4.78 is 38.1. The van der Waals surface area contributed by atoms with E-state index in [4.69, 9.17) is 23.8 Å². The van der Waals surface area contributed by atoms with Crippen LogP contribution >= 0.6 is 7.82 Å². The van der Waals surface area contributed by atoms with Crippen LogP contribution in [0.1, 0.15) is 135 Å². The Balaban J connectivity index is 1.93. The van der Waals surface area contributed by atoms with Crippen LogP contribution in [0.5, 0.6) is 0 Å². The molecule has 2 rings (SSSR count). The number of ether oxygens (including phenoxy) is 1. The minimum atomic E-state index is -3.90. The topological polar surface area (TPSA) is 158 Å². The van der Waals surface area contributed by atoms with Crippen LogP contribution in [-0.4, -0.2) is 41.5 Å². The Bertz CT molecular complexity index is 1090. The van der Waals surface area contributed by atoms with Gasteiger partial charge in [0, 0.05) is 23.1 Å². The summed E-state index contributed by atoms with van der Waals surface area (Å²) in [7, 11) is -3.90. The highest BCUT2D eigenvalue weighted by molar-refractivity contribution is 7.48. The Kier molecular flexibility index (Phi) is 18.8. The van der Waals surface area contributed by atoms with Gasteiger partial charge in [-0.1, -0.05) is 109 Å². The summed E-state index contributed by atoms with van der Waals surface area (Å²) in [6.07, 6.45) is 18.0. The predicted molar refractivity (Wildman–Crippen MR) is 168 cm³/mol. The normalized spacial score (nSPS) is 18.6. The number of unbranched alkanes of at least 4 members (excludes halogenated alkanes) is 14. The van der Waals surface area contributed by atoms with E-state index in [9.17, 15) is 14.2 Å². The van der Waals surface area contributed by atoms with E-state index < -0.39 is 37.4 Å². The number of nitrogens with one attached hydrogen (secondary N) is 1. The van der Waals surface area contributed by atoms with Crippen molar-refractivity contribution in [2.24, 2.45) is 5.11 Å². The van der Waals surface area contributed by atoms with Crippen molar-refractivity contribution < 1.29 is 22.9 Å². The number of hydrogen-bond acceptors (Lipinski definition) is 8. The molecule has 246 valence electrons. The second kappa shape index (κ2) is 21.7. The zero-order valence-electron chi connectivity index (χ0n) is 26.5. The predicted octanol–water partition coefficient (Wildman–Crippen LogP) is 8.25. The molecule has 1 saturated heterocycles. The van der Waals surface area contributed by atoms with E-state index in [1.165, 1.54) is 75.0 Å². The molecular formula is C30H54N5O7P. The van der Waals surface area contributed by atoms with Crippen molar-refractivity contribution in [1.82, 2.24) is 9.55 Å². The molecule has 43 heavy (non-hydrogen) atoms. The quantitative estimate of drug-likeness (QED) is 0.0376. The van der Waals surface area contributed by atoms with Gasteiger partial charge in [0.05, 0.1) is 32.0 Å². The number of phosphoric acid groups is 1. The van der Waals surface area contributed by atoms with Crippen LogP contribution in [0.25, 0.3) is 10.4 Å². The number of hydrogen-bond donors (Lipinski definition) is 1. The van der Waals surface area contributed by atoms with Crippen molar-refractivity contribution in [2.75, 3.05) is 19.8 Å². The minimum absolute atomic E-state index is 0.187. The fraction of sp³-hybridized carbons (Fsp3) is 0.867. The summed E-state index contributed by atoms with van der Waals surface area (Å²) >= 11 is 0. The summed E-state index contributed by atoms with van der Waals surface area (Å²) in [5.74, 6) is 0. The Hall–Kier alpha value is -1.94. The molecule has 12 nitrogen and oxygen atoms in total. The molecule has 0 bridgehead atoms. The summed E-state index contributed by atoms with van der Waals surface area (Å²) in [4.78, 5) is 29.4. The lowest BCUT2D eigenvalue weighted by Gasteiger charge is -2.21. The summed E-state index contributed by atoms with van der Waals surface area (Å²) in [5, 5.41) is 3.81. The third-order valence-corrected chi connectivity index (χ3v) is 9.21. The highest BCUT2D eigenvalue weighted by Gasteiger charge is 2.39. The molecule has 0 unspecified atom stereocenters. The van der Waals surface area contributed by atoms with Crippen molar-refractivity contribution in [3.8, 4) is 0 Å². The standard InChI is InChI=1S/C30H54N5O7P/c1-4-6-8-10-12-14-16-18-20-39-43(38,40-21-19-17-15-13-11-9-7-5-2)41-24-27-26(33-34-31)22-28(42-27)35-23-25(3)29(36)32-30(35)37/h23,26-28H,4-22,24H2,1-3H3,(H,32,36,37)/t26-,27+,28+/m0/s1. The molecule has 0 saturated carbocycles. The lowest BCUT2D eigenvalue weighted by Crippen LogP contribution is -2.33. The number of H-pyrrole nitrogens is 1. The number of phosphoric ester groups is 1. The molecule has 1 N–H and O–H groups in total. The highest BCUT2D eigenvalue weighted by Crippen LogP contribution is 2.50. The Morgan fingerprint density at radius 3 is 1.93 bits per heavy atom. The fourth-order valence-corrected chi connectivity index (χ4v) is 6.38. The Labute approximate surface area is 256 Å². The molecule has 0 radical (unpaired) electrons. The lowest BCUT2D eigenvalue weighted by molar-refractivity contribution is -0.0305. The maximum Gasteiger partial charge on any atom is 0.474 e. The number of aromatic amines is 1. The first-order chi connectivity index (χ1) is 20.8. The molecule has 0 spiro atoms. The summed E-state index contributed by atoms with van der Waals surface area (Å²) in [5.41, 5.74) is 8.34. The monoisotopic (exact) mass is 627 g/mol. The van der Waals surface area contributed by atoms with Crippen molar-refractivity contribution in [1.29, 1.82) is 0 Å². The van der Waals surface area contributed by atoms with Gasteiger partial charge in [0.15, 0.2) is 0 Å². The van der Waals surface area contributed by atoms with E-state index in [2.05, 4.69) is 28.9 Å². The molecule has 0 amide bonds.